The number of hydrogen-bond donors (Lipinski definition) is 1. The fourth-order valence-electron chi connectivity index (χ4n) is 2.35. The Morgan fingerprint density at radius 3 is 2.58 bits per heavy atom. The zero-order valence-corrected chi connectivity index (χ0v) is 12.7. The summed E-state index contributed by atoms with van der Waals surface area (Å²) in [6.45, 7) is 10.7. The van der Waals surface area contributed by atoms with E-state index in [1.807, 2.05) is 39.5 Å². The Hall–Kier alpha value is -1.10. The molecule has 0 saturated carbocycles. The monoisotopic (exact) mass is 270 g/mol. The van der Waals surface area contributed by atoms with Crippen LogP contribution >= 0.6 is 0 Å². The number of carbonyl (C=O) groups is 2. The highest BCUT2D eigenvalue weighted by Gasteiger charge is 2.38. The van der Waals surface area contributed by atoms with Crippen molar-refractivity contribution >= 4 is 11.9 Å². The highest BCUT2D eigenvalue weighted by molar-refractivity contribution is 5.83. The molecule has 1 amide bonds. The molecule has 1 saturated heterocycles. The third-order valence-electron chi connectivity index (χ3n) is 3.20. The highest BCUT2D eigenvalue weighted by Crippen LogP contribution is 2.23. The Kier molecular flexibility index (Phi) is 5.35. The molecular formula is C14H26N2O3. The van der Waals surface area contributed by atoms with Gasteiger partial charge in [0.2, 0.25) is 5.91 Å². The van der Waals surface area contributed by atoms with Gasteiger partial charge >= 0.3 is 5.97 Å². The number of rotatable bonds is 4. The van der Waals surface area contributed by atoms with Crippen LogP contribution in [0.2, 0.25) is 0 Å². The second-order valence-electron chi connectivity index (χ2n) is 6.00. The third-order valence-corrected chi connectivity index (χ3v) is 3.20. The molecular weight excluding hydrogens is 244 g/mol. The summed E-state index contributed by atoms with van der Waals surface area (Å²) < 4.78 is 5.43. The standard InChI is InChI=1S/C14H26N2O3/c1-6-15-12(17)10(2)16-9-7-8-11(16)13(18)19-14(3,4)5/h10-11H,6-9H2,1-5H3,(H,15,17)/t10?,11-/m0/s1. The van der Waals surface area contributed by atoms with Gasteiger partial charge in [0.15, 0.2) is 0 Å². The molecule has 0 aromatic heterocycles. The second-order valence-corrected chi connectivity index (χ2v) is 6.00. The lowest BCUT2D eigenvalue weighted by Gasteiger charge is -2.30. The van der Waals surface area contributed by atoms with Crippen molar-refractivity contribution in [2.24, 2.45) is 0 Å². The number of nitrogens with zero attached hydrogens (tertiary/aromatic N) is 1. The SMILES string of the molecule is CCNC(=O)C(C)N1CCC[C@H]1C(=O)OC(C)(C)C. The minimum absolute atomic E-state index is 0.0297. The fourth-order valence-corrected chi connectivity index (χ4v) is 2.35. The molecule has 2 atom stereocenters. The van der Waals surface area contributed by atoms with Crippen LogP contribution < -0.4 is 5.32 Å². The largest absolute Gasteiger partial charge is 0.459 e. The molecule has 1 aliphatic heterocycles. The Morgan fingerprint density at radius 2 is 2.05 bits per heavy atom. The second kappa shape index (κ2) is 6.37. The van der Waals surface area contributed by atoms with Crippen molar-refractivity contribution in [2.75, 3.05) is 13.1 Å². The summed E-state index contributed by atoms with van der Waals surface area (Å²) in [5.41, 5.74) is -0.486. The van der Waals surface area contributed by atoms with Crippen molar-refractivity contribution in [1.29, 1.82) is 0 Å². The molecule has 5 heteroatoms. The number of carbonyl (C=O) groups excluding carboxylic acids is 2. The maximum absolute atomic E-state index is 12.2. The molecule has 5 nitrogen and oxygen atoms in total. The van der Waals surface area contributed by atoms with Crippen molar-refractivity contribution in [2.45, 2.75) is 65.1 Å². The summed E-state index contributed by atoms with van der Waals surface area (Å²) in [6, 6.07) is -0.586. The minimum atomic E-state index is -0.486. The summed E-state index contributed by atoms with van der Waals surface area (Å²) in [4.78, 5) is 26.0. The summed E-state index contributed by atoms with van der Waals surface area (Å²) in [7, 11) is 0. The number of esters is 1. The Bertz CT molecular complexity index is 336. The van der Waals surface area contributed by atoms with Gasteiger partial charge in [-0.1, -0.05) is 0 Å². The van der Waals surface area contributed by atoms with Crippen LogP contribution in [-0.4, -0.2) is 47.6 Å². The predicted molar refractivity (Wildman–Crippen MR) is 73.7 cm³/mol. The fraction of sp³-hybridized carbons (Fsp3) is 0.857. The predicted octanol–water partition coefficient (Wildman–Crippen LogP) is 1.32. The van der Waals surface area contributed by atoms with E-state index in [1.54, 1.807) is 0 Å². The van der Waals surface area contributed by atoms with Crippen molar-refractivity contribution in [3.63, 3.8) is 0 Å². The van der Waals surface area contributed by atoms with E-state index in [4.69, 9.17) is 4.74 Å². The Balaban J connectivity index is 2.68. The minimum Gasteiger partial charge on any atom is -0.459 e. The average Bonchev–Trinajstić information content (AvgIpc) is 2.74. The van der Waals surface area contributed by atoms with E-state index in [1.165, 1.54) is 0 Å². The van der Waals surface area contributed by atoms with Crippen LogP contribution in [-0.2, 0) is 14.3 Å². The number of amides is 1. The number of nitrogens with one attached hydrogen (secondary N) is 1. The smallest absolute Gasteiger partial charge is 0.323 e. The maximum atomic E-state index is 12.2. The molecule has 1 rings (SSSR count). The molecule has 110 valence electrons. The normalized spacial score (nSPS) is 22.1. The molecule has 1 unspecified atom stereocenters. The molecule has 0 spiro atoms. The van der Waals surface area contributed by atoms with Crippen LogP contribution in [0.5, 0.6) is 0 Å². The summed E-state index contributed by atoms with van der Waals surface area (Å²) >= 11 is 0. The van der Waals surface area contributed by atoms with Gasteiger partial charge < -0.3 is 10.1 Å². The Morgan fingerprint density at radius 1 is 1.42 bits per heavy atom. The van der Waals surface area contributed by atoms with Gasteiger partial charge in [0, 0.05) is 6.54 Å². The van der Waals surface area contributed by atoms with Gasteiger partial charge in [-0.15, -0.1) is 0 Å². The van der Waals surface area contributed by atoms with Crippen LogP contribution in [0.3, 0.4) is 0 Å². The molecule has 19 heavy (non-hydrogen) atoms. The molecule has 1 heterocycles. The molecule has 0 aromatic carbocycles. The summed E-state index contributed by atoms with van der Waals surface area (Å²) in [5.74, 6) is -0.251. The van der Waals surface area contributed by atoms with E-state index in [0.29, 0.717) is 6.54 Å². The maximum Gasteiger partial charge on any atom is 0.323 e. The molecule has 0 aliphatic carbocycles. The molecule has 0 bridgehead atoms. The van der Waals surface area contributed by atoms with Gasteiger partial charge in [-0.2, -0.15) is 0 Å². The van der Waals surface area contributed by atoms with Gasteiger partial charge in [0.25, 0.3) is 0 Å². The number of likely N-dealkylation sites (tertiary alicyclic amines) is 1. The first-order chi connectivity index (χ1) is 8.76. The van der Waals surface area contributed by atoms with Crippen LogP contribution in [0.4, 0.5) is 0 Å². The van der Waals surface area contributed by atoms with Crippen molar-refractivity contribution in [3.05, 3.63) is 0 Å². The van der Waals surface area contributed by atoms with E-state index in [9.17, 15) is 9.59 Å². The molecule has 0 radical (unpaired) electrons. The van der Waals surface area contributed by atoms with Crippen molar-refractivity contribution < 1.29 is 14.3 Å². The molecule has 1 N–H and O–H groups in total. The van der Waals surface area contributed by atoms with E-state index < -0.39 is 5.60 Å². The number of ether oxygens (including phenoxy) is 1. The quantitative estimate of drug-likeness (QED) is 0.783. The van der Waals surface area contributed by atoms with Crippen LogP contribution in [0.1, 0.15) is 47.5 Å². The third kappa shape index (κ3) is 4.49. The first-order valence-electron chi connectivity index (χ1n) is 7.02. The van der Waals surface area contributed by atoms with Gasteiger partial charge in [0.1, 0.15) is 11.6 Å². The number of hydrogen-bond acceptors (Lipinski definition) is 4. The molecule has 1 aliphatic rings. The van der Waals surface area contributed by atoms with E-state index >= 15 is 0 Å². The van der Waals surface area contributed by atoms with Gasteiger partial charge in [0.05, 0.1) is 6.04 Å². The summed E-state index contributed by atoms with van der Waals surface area (Å²) in [5, 5.41) is 2.80. The van der Waals surface area contributed by atoms with Crippen LogP contribution in [0.15, 0.2) is 0 Å². The van der Waals surface area contributed by atoms with Crippen LogP contribution in [0, 0.1) is 0 Å². The topological polar surface area (TPSA) is 58.6 Å². The average molecular weight is 270 g/mol. The van der Waals surface area contributed by atoms with E-state index in [0.717, 1.165) is 19.4 Å². The molecule has 0 aromatic rings. The van der Waals surface area contributed by atoms with Crippen LogP contribution in [0.25, 0.3) is 0 Å². The van der Waals surface area contributed by atoms with Crippen molar-refractivity contribution in [1.82, 2.24) is 10.2 Å². The van der Waals surface area contributed by atoms with Crippen molar-refractivity contribution in [3.8, 4) is 0 Å². The highest BCUT2D eigenvalue weighted by atomic mass is 16.6. The lowest BCUT2D eigenvalue weighted by Crippen LogP contribution is -2.50. The van der Waals surface area contributed by atoms with E-state index in [-0.39, 0.29) is 24.0 Å². The van der Waals surface area contributed by atoms with Gasteiger partial charge in [-0.05, 0) is 54.0 Å². The van der Waals surface area contributed by atoms with Gasteiger partial charge in [-0.3, -0.25) is 14.5 Å². The number of likely N-dealkylation sites (N-methyl/N-ethyl adjacent to an activating group) is 1. The van der Waals surface area contributed by atoms with Gasteiger partial charge in [-0.25, -0.2) is 0 Å². The Labute approximate surface area is 115 Å². The lowest BCUT2D eigenvalue weighted by atomic mass is 10.1. The first kappa shape index (κ1) is 16.0. The lowest BCUT2D eigenvalue weighted by molar-refractivity contribution is -0.161. The van der Waals surface area contributed by atoms with E-state index in [2.05, 4.69) is 5.32 Å². The first-order valence-corrected chi connectivity index (χ1v) is 7.02. The zero-order chi connectivity index (χ0) is 14.6. The summed E-state index contributed by atoms with van der Waals surface area (Å²) in [6.07, 6.45) is 1.69. The molecule has 1 fully saturated rings. The zero-order valence-electron chi connectivity index (χ0n) is 12.7.